The average molecular weight is 371 g/mol. The van der Waals surface area contributed by atoms with Crippen LogP contribution in [-0.4, -0.2) is 33.3 Å². The maximum Gasteiger partial charge on any atom is 0.191 e. The first-order valence-electron chi connectivity index (χ1n) is 9.15. The summed E-state index contributed by atoms with van der Waals surface area (Å²) in [5.41, 5.74) is 2.18. The molecule has 0 amide bonds. The molecule has 0 spiro atoms. The van der Waals surface area contributed by atoms with Gasteiger partial charge in [0.2, 0.25) is 0 Å². The van der Waals surface area contributed by atoms with Crippen LogP contribution in [0, 0.1) is 0 Å². The lowest BCUT2D eigenvalue weighted by Crippen LogP contribution is -2.36. The van der Waals surface area contributed by atoms with Gasteiger partial charge in [-0.25, -0.2) is 4.99 Å². The minimum Gasteiger partial charge on any atom is -0.497 e. The molecule has 2 N–H and O–H groups in total. The molecule has 146 valence electrons. The number of rotatable bonds is 9. The summed E-state index contributed by atoms with van der Waals surface area (Å²) in [6, 6.07) is 13.8. The fourth-order valence-electron chi connectivity index (χ4n) is 2.57. The third-order valence-electron chi connectivity index (χ3n) is 3.89. The number of nitrogens with zero attached hydrogens (tertiary/aromatic N) is 1. The molecule has 0 saturated carbocycles. The number of hydrogen-bond donors (Lipinski definition) is 2. The Kier molecular flexibility index (Phi) is 8.29. The maximum atomic E-state index is 5.56. The topological polar surface area (TPSA) is 64.1 Å². The molecule has 0 saturated heterocycles. The highest BCUT2D eigenvalue weighted by Gasteiger charge is 2.06. The molecule has 27 heavy (non-hydrogen) atoms. The zero-order chi connectivity index (χ0) is 19.5. The van der Waals surface area contributed by atoms with Crippen molar-refractivity contribution in [3.8, 4) is 17.2 Å². The van der Waals surface area contributed by atoms with Crippen molar-refractivity contribution in [2.45, 2.75) is 26.9 Å². The predicted molar refractivity (Wildman–Crippen MR) is 109 cm³/mol. The van der Waals surface area contributed by atoms with Gasteiger partial charge in [0.05, 0.1) is 27.4 Å². The number of nitrogens with one attached hydrogen (secondary N) is 2. The van der Waals surface area contributed by atoms with E-state index in [0.717, 1.165) is 40.9 Å². The standard InChI is InChI=1S/C21H29N3O3/c1-5-22-21(23-14-16-8-7-9-18(12-16)25-3)24-15-17-10-11-19(27-6-2)20(13-17)26-4/h7-13H,5-6,14-15H2,1-4H3,(H2,22,23,24). The third-order valence-corrected chi connectivity index (χ3v) is 3.89. The van der Waals surface area contributed by atoms with Crippen LogP contribution in [0.15, 0.2) is 47.5 Å². The molecule has 0 atom stereocenters. The first kappa shape index (κ1) is 20.4. The maximum absolute atomic E-state index is 5.56. The minimum absolute atomic E-state index is 0.569. The summed E-state index contributed by atoms with van der Waals surface area (Å²) in [7, 11) is 3.31. The molecule has 0 fully saturated rings. The lowest BCUT2D eigenvalue weighted by molar-refractivity contribution is 0.310. The second-order valence-electron chi connectivity index (χ2n) is 5.82. The SMILES string of the molecule is CCNC(=NCc1cccc(OC)c1)NCc1ccc(OCC)c(OC)c1. The summed E-state index contributed by atoms with van der Waals surface area (Å²) in [4.78, 5) is 4.65. The summed E-state index contributed by atoms with van der Waals surface area (Å²) in [6.45, 7) is 6.59. The zero-order valence-corrected chi connectivity index (χ0v) is 16.5. The molecule has 6 heteroatoms. The van der Waals surface area contributed by atoms with E-state index in [0.29, 0.717) is 19.7 Å². The molecule has 2 aromatic rings. The Morgan fingerprint density at radius 2 is 1.78 bits per heavy atom. The van der Waals surface area contributed by atoms with Crippen molar-refractivity contribution in [1.29, 1.82) is 0 Å². The average Bonchev–Trinajstić information content (AvgIpc) is 2.71. The number of ether oxygens (including phenoxy) is 3. The number of benzene rings is 2. The Bertz CT molecular complexity index is 747. The van der Waals surface area contributed by atoms with E-state index >= 15 is 0 Å². The summed E-state index contributed by atoms with van der Waals surface area (Å²) in [5, 5.41) is 6.61. The Morgan fingerprint density at radius 1 is 0.926 bits per heavy atom. The van der Waals surface area contributed by atoms with Crippen LogP contribution in [-0.2, 0) is 13.1 Å². The van der Waals surface area contributed by atoms with Crippen LogP contribution >= 0.6 is 0 Å². The van der Waals surface area contributed by atoms with Crippen LogP contribution in [0.2, 0.25) is 0 Å². The van der Waals surface area contributed by atoms with Crippen LogP contribution in [0.25, 0.3) is 0 Å². The van der Waals surface area contributed by atoms with Crippen LogP contribution < -0.4 is 24.8 Å². The van der Waals surface area contributed by atoms with E-state index in [9.17, 15) is 0 Å². The van der Waals surface area contributed by atoms with Crippen molar-refractivity contribution in [2.75, 3.05) is 27.4 Å². The molecule has 0 radical (unpaired) electrons. The van der Waals surface area contributed by atoms with E-state index in [4.69, 9.17) is 14.2 Å². The first-order valence-corrected chi connectivity index (χ1v) is 9.15. The quantitative estimate of drug-likeness (QED) is 0.523. The number of hydrogen-bond acceptors (Lipinski definition) is 4. The van der Waals surface area contributed by atoms with Gasteiger partial charge in [-0.2, -0.15) is 0 Å². The Balaban J connectivity index is 2.02. The van der Waals surface area contributed by atoms with E-state index in [1.807, 2.05) is 56.3 Å². The van der Waals surface area contributed by atoms with E-state index < -0.39 is 0 Å². The van der Waals surface area contributed by atoms with E-state index in [-0.39, 0.29) is 0 Å². The predicted octanol–water partition coefficient (Wildman–Crippen LogP) is 3.36. The van der Waals surface area contributed by atoms with E-state index in [2.05, 4.69) is 15.6 Å². The largest absolute Gasteiger partial charge is 0.497 e. The molecule has 0 aliphatic rings. The number of methoxy groups -OCH3 is 2. The molecular formula is C21H29N3O3. The van der Waals surface area contributed by atoms with Gasteiger partial charge in [-0.1, -0.05) is 18.2 Å². The molecular weight excluding hydrogens is 342 g/mol. The van der Waals surface area contributed by atoms with Crippen molar-refractivity contribution in [1.82, 2.24) is 10.6 Å². The van der Waals surface area contributed by atoms with Gasteiger partial charge in [0.25, 0.3) is 0 Å². The second kappa shape index (κ2) is 11.0. The minimum atomic E-state index is 0.569. The fourth-order valence-corrected chi connectivity index (χ4v) is 2.57. The smallest absolute Gasteiger partial charge is 0.191 e. The zero-order valence-electron chi connectivity index (χ0n) is 16.5. The fraction of sp³-hybridized carbons (Fsp3) is 0.381. The molecule has 0 bridgehead atoms. The van der Waals surface area contributed by atoms with Crippen molar-refractivity contribution in [3.63, 3.8) is 0 Å². The van der Waals surface area contributed by atoms with Gasteiger partial charge in [0.15, 0.2) is 17.5 Å². The van der Waals surface area contributed by atoms with Crippen LogP contribution in [0.3, 0.4) is 0 Å². The molecule has 0 aliphatic carbocycles. The van der Waals surface area contributed by atoms with Crippen molar-refractivity contribution < 1.29 is 14.2 Å². The molecule has 2 aromatic carbocycles. The third kappa shape index (κ3) is 6.40. The normalized spacial score (nSPS) is 11.0. The second-order valence-corrected chi connectivity index (χ2v) is 5.82. The Labute approximate surface area is 161 Å². The van der Waals surface area contributed by atoms with Crippen molar-refractivity contribution in [2.24, 2.45) is 4.99 Å². The van der Waals surface area contributed by atoms with Gasteiger partial charge in [0, 0.05) is 13.1 Å². The van der Waals surface area contributed by atoms with Gasteiger partial charge in [-0.15, -0.1) is 0 Å². The number of guanidine groups is 1. The van der Waals surface area contributed by atoms with Crippen molar-refractivity contribution >= 4 is 5.96 Å². The van der Waals surface area contributed by atoms with E-state index in [1.54, 1.807) is 14.2 Å². The van der Waals surface area contributed by atoms with Crippen LogP contribution in [0.5, 0.6) is 17.2 Å². The van der Waals surface area contributed by atoms with Gasteiger partial charge >= 0.3 is 0 Å². The van der Waals surface area contributed by atoms with Gasteiger partial charge in [-0.3, -0.25) is 0 Å². The lowest BCUT2D eigenvalue weighted by Gasteiger charge is -2.14. The summed E-state index contributed by atoms with van der Waals surface area (Å²) in [6.07, 6.45) is 0. The highest BCUT2D eigenvalue weighted by Crippen LogP contribution is 2.27. The molecule has 0 heterocycles. The molecule has 0 unspecified atom stereocenters. The summed E-state index contributed by atoms with van der Waals surface area (Å²) < 4.78 is 16.2. The van der Waals surface area contributed by atoms with Gasteiger partial charge < -0.3 is 24.8 Å². The first-order chi connectivity index (χ1) is 13.2. The highest BCUT2D eigenvalue weighted by molar-refractivity contribution is 5.79. The van der Waals surface area contributed by atoms with Crippen molar-refractivity contribution in [3.05, 3.63) is 53.6 Å². The van der Waals surface area contributed by atoms with Gasteiger partial charge in [-0.05, 0) is 49.2 Å². The Morgan fingerprint density at radius 3 is 2.48 bits per heavy atom. The van der Waals surface area contributed by atoms with Crippen LogP contribution in [0.4, 0.5) is 0 Å². The Hall–Kier alpha value is -2.89. The monoisotopic (exact) mass is 371 g/mol. The molecule has 2 rings (SSSR count). The molecule has 0 aromatic heterocycles. The summed E-state index contributed by atoms with van der Waals surface area (Å²) in [5.74, 6) is 3.08. The summed E-state index contributed by atoms with van der Waals surface area (Å²) >= 11 is 0. The highest BCUT2D eigenvalue weighted by atomic mass is 16.5. The molecule has 0 aliphatic heterocycles. The van der Waals surface area contributed by atoms with Crippen LogP contribution in [0.1, 0.15) is 25.0 Å². The number of aliphatic imine (C=N–C) groups is 1. The van der Waals surface area contributed by atoms with Gasteiger partial charge in [0.1, 0.15) is 5.75 Å². The molecule has 6 nitrogen and oxygen atoms in total. The lowest BCUT2D eigenvalue weighted by atomic mass is 10.2. The van der Waals surface area contributed by atoms with E-state index in [1.165, 1.54) is 0 Å².